The molecule has 1 amide bonds. The van der Waals surface area contributed by atoms with Crippen molar-refractivity contribution in [3.63, 3.8) is 0 Å². The molecule has 140 valence electrons. The zero-order valence-electron chi connectivity index (χ0n) is 15.6. The van der Waals surface area contributed by atoms with Gasteiger partial charge >= 0.3 is 0 Å². The van der Waals surface area contributed by atoms with E-state index in [0.29, 0.717) is 30.9 Å². The maximum Gasteiger partial charge on any atom is 0.220 e. The summed E-state index contributed by atoms with van der Waals surface area (Å²) in [5.74, 6) is 1.28. The normalized spacial score (nSPS) is 12.9. The molecule has 2 atom stereocenters. The lowest BCUT2D eigenvalue weighted by atomic mass is 10.1. The molecule has 1 aromatic carbocycles. The minimum atomic E-state index is -0.126. The van der Waals surface area contributed by atoms with Gasteiger partial charge in [0.25, 0.3) is 0 Å². The van der Waals surface area contributed by atoms with Crippen LogP contribution in [-0.4, -0.2) is 24.0 Å². The largest absolute Gasteiger partial charge is 0.493 e. The van der Waals surface area contributed by atoms with Gasteiger partial charge < -0.3 is 20.5 Å². The summed E-state index contributed by atoms with van der Waals surface area (Å²) < 4.78 is 11.3. The molecule has 0 saturated heterocycles. The van der Waals surface area contributed by atoms with Crippen LogP contribution in [0.1, 0.15) is 43.9 Å². The van der Waals surface area contributed by atoms with Gasteiger partial charge in [0.15, 0.2) is 11.5 Å². The second-order valence-electron chi connectivity index (χ2n) is 6.36. The molecule has 0 bridgehead atoms. The van der Waals surface area contributed by atoms with Crippen LogP contribution < -0.4 is 20.5 Å². The molecule has 0 aliphatic rings. The first-order valence-corrected chi connectivity index (χ1v) is 8.74. The van der Waals surface area contributed by atoms with Crippen molar-refractivity contribution in [1.82, 2.24) is 10.3 Å². The number of rotatable bonds is 9. The lowest BCUT2D eigenvalue weighted by Gasteiger charge is -2.17. The molecule has 26 heavy (non-hydrogen) atoms. The number of carbonyl (C=O) groups excluding carboxylic acids is 1. The van der Waals surface area contributed by atoms with E-state index in [1.54, 1.807) is 19.5 Å². The average molecular weight is 357 g/mol. The molecule has 0 aliphatic carbocycles. The molecular formula is C20H27N3O3. The fourth-order valence-corrected chi connectivity index (χ4v) is 2.47. The highest BCUT2D eigenvalue weighted by atomic mass is 16.5. The van der Waals surface area contributed by atoms with Crippen LogP contribution in [-0.2, 0) is 11.4 Å². The fraction of sp³-hybridized carbons (Fsp3) is 0.400. The smallest absolute Gasteiger partial charge is 0.220 e. The molecule has 1 heterocycles. The minimum Gasteiger partial charge on any atom is -0.493 e. The van der Waals surface area contributed by atoms with Gasteiger partial charge in [-0.05, 0) is 55.7 Å². The minimum absolute atomic E-state index is 0.00761. The number of nitrogens with two attached hydrogens (primary N) is 1. The Hall–Kier alpha value is -2.60. The van der Waals surface area contributed by atoms with Gasteiger partial charge in [-0.3, -0.25) is 9.78 Å². The molecule has 0 aliphatic heterocycles. The van der Waals surface area contributed by atoms with E-state index in [4.69, 9.17) is 15.2 Å². The number of nitrogens with zero attached hydrogens (tertiary/aromatic N) is 1. The molecule has 3 N–H and O–H groups in total. The number of pyridine rings is 1. The summed E-state index contributed by atoms with van der Waals surface area (Å²) in [5.41, 5.74) is 7.67. The number of amides is 1. The van der Waals surface area contributed by atoms with Crippen LogP contribution in [0, 0.1) is 0 Å². The lowest BCUT2D eigenvalue weighted by molar-refractivity contribution is -0.121. The van der Waals surface area contributed by atoms with E-state index in [0.717, 1.165) is 11.1 Å². The van der Waals surface area contributed by atoms with Crippen molar-refractivity contribution in [3.05, 3.63) is 53.9 Å². The van der Waals surface area contributed by atoms with Crippen molar-refractivity contribution < 1.29 is 14.3 Å². The molecule has 0 saturated carbocycles. The van der Waals surface area contributed by atoms with E-state index in [2.05, 4.69) is 10.3 Å². The van der Waals surface area contributed by atoms with E-state index in [9.17, 15) is 4.79 Å². The van der Waals surface area contributed by atoms with E-state index >= 15 is 0 Å². The number of methoxy groups -OCH3 is 1. The molecule has 0 spiro atoms. The Kier molecular flexibility index (Phi) is 7.41. The van der Waals surface area contributed by atoms with Crippen LogP contribution >= 0.6 is 0 Å². The van der Waals surface area contributed by atoms with Gasteiger partial charge in [0.1, 0.15) is 6.61 Å². The topological polar surface area (TPSA) is 86.5 Å². The summed E-state index contributed by atoms with van der Waals surface area (Å²) in [4.78, 5) is 16.0. The summed E-state index contributed by atoms with van der Waals surface area (Å²) in [5, 5.41) is 2.98. The molecule has 2 rings (SSSR count). The van der Waals surface area contributed by atoms with Gasteiger partial charge in [0.2, 0.25) is 5.91 Å². The maximum absolute atomic E-state index is 12.0. The van der Waals surface area contributed by atoms with Crippen molar-refractivity contribution in [2.45, 2.75) is 45.4 Å². The van der Waals surface area contributed by atoms with E-state index in [1.807, 2.05) is 44.2 Å². The molecule has 0 fully saturated rings. The summed E-state index contributed by atoms with van der Waals surface area (Å²) >= 11 is 0. The maximum atomic E-state index is 12.0. The van der Waals surface area contributed by atoms with E-state index in [-0.39, 0.29) is 18.0 Å². The Morgan fingerprint density at radius 2 is 1.92 bits per heavy atom. The zero-order chi connectivity index (χ0) is 18.9. The van der Waals surface area contributed by atoms with E-state index < -0.39 is 0 Å². The summed E-state index contributed by atoms with van der Waals surface area (Å²) in [6, 6.07) is 9.38. The van der Waals surface area contributed by atoms with Gasteiger partial charge in [-0.2, -0.15) is 0 Å². The van der Waals surface area contributed by atoms with Crippen LogP contribution in [0.25, 0.3) is 0 Å². The molecule has 6 nitrogen and oxygen atoms in total. The Morgan fingerprint density at radius 3 is 2.58 bits per heavy atom. The predicted octanol–water partition coefficient (Wildman–Crippen LogP) is 2.97. The van der Waals surface area contributed by atoms with Gasteiger partial charge in [0.05, 0.1) is 13.2 Å². The van der Waals surface area contributed by atoms with Crippen molar-refractivity contribution in [3.8, 4) is 11.5 Å². The highest BCUT2D eigenvalue weighted by Crippen LogP contribution is 2.31. The standard InChI is InChI=1S/C20H27N3O3/c1-14(21)4-7-20(24)23-15(2)17-5-6-18(19(12-17)25-3)26-13-16-8-10-22-11-9-16/h5-6,8-12,14-15H,4,7,13,21H2,1-3H3,(H,23,24). The van der Waals surface area contributed by atoms with Crippen LogP contribution in [0.5, 0.6) is 11.5 Å². The number of nitrogens with one attached hydrogen (secondary N) is 1. The van der Waals surface area contributed by atoms with Gasteiger partial charge in [-0.1, -0.05) is 6.07 Å². The first-order valence-electron chi connectivity index (χ1n) is 8.74. The van der Waals surface area contributed by atoms with Crippen LogP contribution in [0.2, 0.25) is 0 Å². The van der Waals surface area contributed by atoms with Crippen molar-refractivity contribution in [2.24, 2.45) is 5.73 Å². The van der Waals surface area contributed by atoms with Crippen molar-refractivity contribution in [2.75, 3.05) is 7.11 Å². The predicted molar refractivity (Wildman–Crippen MR) is 101 cm³/mol. The Morgan fingerprint density at radius 1 is 1.19 bits per heavy atom. The van der Waals surface area contributed by atoms with Crippen LogP contribution in [0.15, 0.2) is 42.7 Å². The third-order valence-electron chi connectivity index (χ3n) is 4.04. The Labute approximate surface area is 154 Å². The Balaban J connectivity index is 1.99. The molecule has 0 radical (unpaired) electrons. The van der Waals surface area contributed by atoms with Crippen LogP contribution in [0.4, 0.5) is 0 Å². The first kappa shape index (κ1) is 19.7. The number of hydrogen-bond acceptors (Lipinski definition) is 5. The number of ether oxygens (including phenoxy) is 2. The lowest BCUT2D eigenvalue weighted by Crippen LogP contribution is -2.28. The average Bonchev–Trinajstić information content (AvgIpc) is 2.65. The third-order valence-corrected chi connectivity index (χ3v) is 4.04. The highest BCUT2D eigenvalue weighted by Gasteiger charge is 2.13. The number of benzene rings is 1. The summed E-state index contributed by atoms with van der Waals surface area (Å²) in [6.45, 7) is 4.27. The van der Waals surface area contributed by atoms with Gasteiger partial charge in [-0.25, -0.2) is 0 Å². The molecule has 2 unspecified atom stereocenters. The Bertz CT molecular complexity index is 705. The quantitative estimate of drug-likeness (QED) is 0.720. The fourth-order valence-electron chi connectivity index (χ4n) is 2.47. The number of hydrogen-bond donors (Lipinski definition) is 2. The second-order valence-corrected chi connectivity index (χ2v) is 6.36. The van der Waals surface area contributed by atoms with E-state index in [1.165, 1.54) is 0 Å². The molecule has 2 aromatic rings. The molecule has 6 heteroatoms. The SMILES string of the molecule is COc1cc(C(C)NC(=O)CCC(C)N)ccc1OCc1ccncc1. The molecular weight excluding hydrogens is 330 g/mol. The van der Waals surface area contributed by atoms with Gasteiger partial charge in [0, 0.05) is 24.9 Å². The number of aromatic nitrogens is 1. The third kappa shape index (κ3) is 6.04. The number of carbonyl (C=O) groups is 1. The van der Waals surface area contributed by atoms with Crippen LogP contribution in [0.3, 0.4) is 0 Å². The first-order chi connectivity index (χ1) is 12.5. The second kappa shape index (κ2) is 9.77. The monoisotopic (exact) mass is 357 g/mol. The highest BCUT2D eigenvalue weighted by molar-refractivity contribution is 5.76. The zero-order valence-corrected chi connectivity index (χ0v) is 15.6. The van der Waals surface area contributed by atoms with Crippen molar-refractivity contribution in [1.29, 1.82) is 0 Å². The summed E-state index contributed by atoms with van der Waals surface area (Å²) in [7, 11) is 1.60. The van der Waals surface area contributed by atoms with Gasteiger partial charge in [-0.15, -0.1) is 0 Å². The summed E-state index contributed by atoms with van der Waals surface area (Å²) in [6.07, 6.45) is 4.56. The molecule has 1 aromatic heterocycles. The van der Waals surface area contributed by atoms with Crippen molar-refractivity contribution >= 4 is 5.91 Å².